The third kappa shape index (κ3) is 2.45. The first-order valence-electron chi connectivity index (χ1n) is 8.17. The Morgan fingerprint density at radius 1 is 1.23 bits per heavy atom. The first-order chi connectivity index (χ1) is 12.4. The van der Waals surface area contributed by atoms with Crippen LogP contribution in [-0.2, 0) is 9.53 Å². The predicted molar refractivity (Wildman–Crippen MR) is 95.9 cm³/mol. The number of carbonyl (C=O) groups is 1. The maximum Gasteiger partial charge on any atom is 0.260 e. The van der Waals surface area contributed by atoms with E-state index in [0.717, 1.165) is 11.1 Å². The molecule has 0 radical (unpaired) electrons. The first kappa shape index (κ1) is 16.3. The molecule has 0 atom stereocenters. The van der Waals surface area contributed by atoms with Gasteiger partial charge in [0, 0.05) is 22.9 Å². The van der Waals surface area contributed by atoms with Crippen LogP contribution in [0.15, 0.2) is 48.4 Å². The van der Waals surface area contributed by atoms with Crippen LogP contribution in [0.3, 0.4) is 0 Å². The smallest absolute Gasteiger partial charge is 0.260 e. The molecule has 0 fully saturated rings. The van der Waals surface area contributed by atoms with Crippen molar-refractivity contribution in [1.29, 1.82) is 0 Å². The molecule has 2 aromatic rings. The zero-order chi connectivity index (χ0) is 18.5. The highest BCUT2D eigenvalue weighted by molar-refractivity contribution is 6.32. The minimum Gasteiger partial charge on any atom is -0.482 e. The summed E-state index contributed by atoms with van der Waals surface area (Å²) in [5.74, 6) is 0.213. The van der Waals surface area contributed by atoms with Crippen LogP contribution >= 0.6 is 0 Å². The molecule has 0 bridgehead atoms. The number of amides is 1. The molecular formula is C20H17FN2O3. The number of methoxy groups -OCH3 is 1. The molecule has 0 unspecified atom stereocenters. The number of nitrogens with zero attached hydrogens (tertiary/aromatic N) is 1. The molecule has 6 heteroatoms. The van der Waals surface area contributed by atoms with Crippen LogP contribution in [0.2, 0.25) is 0 Å². The lowest BCUT2D eigenvalue weighted by Crippen LogP contribution is -2.21. The molecule has 3 heterocycles. The highest BCUT2D eigenvalue weighted by Gasteiger charge is 2.39. The number of ether oxygens (including phenoxy) is 2. The first-order valence-corrected chi connectivity index (χ1v) is 8.17. The maximum atomic E-state index is 13.5. The molecule has 0 aliphatic carbocycles. The van der Waals surface area contributed by atoms with Crippen LogP contribution in [0.1, 0.15) is 25.0 Å². The fourth-order valence-electron chi connectivity index (χ4n) is 3.34. The van der Waals surface area contributed by atoms with Crippen molar-refractivity contribution in [3.63, 3.8) is 0 Å². The minimum atomic E-state index is -0.679. The number of allylic oxidation sites excluding steroid dienone is 1. The van der Waals surface area contributed by atoms with E-state index in [4.69, 9.17) is 9.47 Å². The molecule has 1 amide bonds. The van der Waals surface area contributed by atoms with Crippen molar-refractivity contribution >= 4 is 22.7 Å². The zero-order valence-electron chi connectivity index (χ0n) is 14.6. The van der Waals surface area contributed by atoms with Gasteiger partial charge in [-0.05, 0) is 50.3 Å². The fraction of sp³-hybridized carbons (Fsp3) is 0.200. The van der Waals surface area contributed by atoms with Gasteiger partial charge in [0.05, 0.1) is 18.4 Å². The number of benzene rings is 1. The Morgan fingerprint density at radius 3 is 2.81 bits per heavy atom. The summed E-state index contributed by atoms with van der Waals surface area (Å²) in [6.07, 6.45) is 3.48. The van der Waals surface area contributed by atoms with E-state index in [9.17, 15) is 9.18 Å². The third-order valence-electron chi connectivity index (χ3n) is 4.52. The Balaban J connectivity index is 1.89. The molecule has 26 heavy (non-hydrogen) atoms. The van der Waals surface area contributed by atoms with Gasteiger partial charge in [0.2, 0.25) is 5.88 Å². The molecule has 0 saturated heterocycles. The van der Waals surface area contributed by atoms with Gasteiger partial charge < -0.3 is 14.8 Å². The Morgan fingerprint density at radius 2 is 2.04 bits per heavy atom. The van der Waals surface area contributed by atoms with Gasteiger partial charge in [-0.2, -0.15) is 0 Å². The molecule has 5 nitrogen and oxygen atoms in total. The second kappa shape index (κ2) is 5.69. The molecular weight excluding hydrogens is 335 g/mol. The average Bonchev–Trinajstić information content (AvgIpc) is 3.09. The second-order valence-electron chi connectivity index (χ2n) is 6.61. The monoisotopic (exact) mass is 352 g/mol. The summed E-state index contributed by atoms with van der Waals surface area (Å²) in [7, 11) is 1.56. The van der Waals surface area contributed by atoms with Crippen molar-refractivity contribution in [2.45, 2.75) is 19.4 Å². The van der Waals surface area contributed by atoms with E-state index in [0.29, 0.717) is 28.5 Å². The van der Waals surface area contributed by atoms with Crippen LogP contribution in [0.4, 0.5) is 10.1 Å². The zero-order valence-corrected chi connectivity index (χ0v) is 14.6. The Kier molecular flexibility index (Phi) is 3.57. The van der Waals surface area contributed by atoms with Gasteiger partial charge in [-0.25, -0.2) is 9.37 Å². The molecule has 1 aromatic carbocycles. The van der Waals surface area contributed by atoms with Gasteiger partial charge in [-0.1, -0.05) is 0 Å². The number of hydrogen-bond donors (Lipinski definition) is 1. The molecule has 2 aliphatic rings. The van der Waals surface area contributed by atoms with Crippen LogP contribution in [0.5, 0.6) is 5.88 Å². The predicted octanol–water partition coefficient (Wildman–Crippen LogP) is 3.78. The molecule has 4 rings (SSSR count). The number of anilines is 1. The normalized spacial score (nSPS) is 20.3. The van der Waals surface area contributed by atoms with E-state index in [2.05, 4.69) is 10.3 Å². The van der Waals surface area contributed by atoms with Gasteiger partial charge in [0.15, 0.2) is 0 Å². The second-order valence-corrected chi connectivity index (χ2v) is 6.61. The van der Waals surface area contributed by atoms with Gasteiger partial charge in [-0.15, -0.1) is 0 Å². The number of aromatic nitrogens is 1. The highest BCUT2D eigenvalue weighted by Crippen LogP contribution is 2.45. The molecule has 1 aromatic heterocycles. The summed E-state index contributed by atoms with van der Waals surface area (Å²) < 4.78 is 24.9. The van der Waals surface area contributed by atoms with Crippen molar-refractivity contribution in [1.82, 2.24) is 4.98 Å². The number of nitrogens with one attached hydrogen (secondary N) is 1. The van der Waals surface area contributed by atoms with Crippen molar-refractivity contribution in [2.24, 2.45) is 0 Å². The van der Waals surface area contributed by atoms with E-state index < -0.39 is 11.4 Å². The summed E-state index contributed by atoms with van der Waals surface area (Å²) in [5.41, 5.74) is 2.44. The Hall–Kier alpha value is -3.15. The van der Waals surface area contributed by atoms with Crippen LogP contribution < -0.4 is 10.1 Å². The Bertz CT molecular complexity index is 992. The summed E-state index contributed by atoms with van der Waals surface area (Å²) in [6.45, 7) is 3.83. The van der Waals surface area contributed by atoms with Crippen molar-refractivity contribution in [3.05, 3.63) is 65.3 Å². The van der Waals surface area contributed by atoms with Gasteiger partial charge in [0.1, 0.15) is 17.2 Å². The molecule has 0 spiro atoms. The van der Waals surface area contributed by atoms with E-state index in [-0.39, 0.29) is 5.91 Å². The van der Waals surface area contributed by atoms with Crippen LogP contribution in [0.25, 0.3) is 11.1 Å². The molecule has 2 aliphatic heterocycles. The number of pyridine rings is 1. The number of hydrogen-bond acceptors (Lipinski definition) is 4. The quantitative estimate of drug-likeness (QED) is 0.836. The number of halogens is 1. The van der Waals surface area contributed by atoms with Gasteiger partial charge >= 0.3 is 0 Å². The van der Waals surface area contributed by atoms with Crippen LogP contribution in [-0.4, -0.2) is 23.6 Å². The van der Waals surface area contributed by atoms with Crippen LogP contribution in [0, 0.1) is 5.82 Å². The van der Waals surface area contributed by atoms with Crippen molar-refractivity contribution in [3.8, 4) is 5.88 Å². The number of carbonyl (C=O) groups excluding carboxylic acids is 1. The lowest BCUT2D eigenvalue weighted by Gasteiger charge is -2.24. The fourth-order valence-corrected chi connectivity index (χ4v) is 3.34. The summed E-state index contributed by atoms with van der Waals surface area (Å²) in [4.78, 5) is 16.7. The van der Waals surface area contributed by atoms with Gasteiger partial charge in [-0.3, -0.25) is 4.79 Å². The van der Waals surface area contributed by atoms with E-state index >= 15 is 0 Å². The summed E-state index contributed by atoms with van der Waals surface area (Å²) in [6, 6.07) is 7.93. The lowest BCUT2D eigenvalue weighted by atomic mass is 9.93. The highest BCUT2D eigenvalue weighted by atomic mass is 19.1. The SMILES string of the molecule is COc1ncccc1C1=CC(=C2C(=O)Nc3cc(F)ccc32)OC1(C)C. The van der Waals surface area contributed by atoms with Gasteiger partial charge in [0.25, 0.3) is 5.91 Å². The molecule has 1 N–H and O–H groups in total. The Labute approximate surface area is 150 Å². The maximum absolute atomic E-state index is 13.5. The number of rotatable bonds is 2. The molecule has 0 saturated carbocycles. The summed E-state index contributed by atoms with van der Waals surface area (Å²) in [5, 5.41) is 2.69. The van der Waals surface area contributed by atoms with E-state index in [1.165, 1.54) is 12.1 Å². The lowest BCUT2D eigenvalue weighted by molar-refractivity contribution is -0.111. The van der Waals surface area contributed by atoms with Crippen molar-refractivity contribution in [2.75, 3.05) is 12.4 Å². The third-order valence-corrected chi connectivity index (χ3v) is 4.52. The molecule has 132 valence electrons. The van der Waals surface area contributed by atoms with Crippen molar-refractivity contribution < 1.29 is 18.7 Å². The number of fused-ring (bicyclic) bond motifs is 1. The topological polar surface area (TPSA) is 60.5 Å². The minimum absolute atomic E-state index is 0.313. The van der Waals surface area contributed by atoms with E-state index in [1.54, 1.807) is 19.4 Å². The average molecular weight is 352 g/mol. The summed E-state index contributed by atoms with van der Waals surface area (Å²) >= 11 is 0. The standard InChI is InChI=1S/C20H17FN2O3/c1-20(2)14(12-5-4-8-22-19(12)25-3)10-16(26-20)17-13-7-6-11(21)9-15(13)23-18(17)24/h4-10H,1-3H3,(H,23,24). The largest absolute Gasteiger partial charge is 0.482 e. The van der Waals surface area contributed by atoms with E-state index in [1.807, 2.05) is 32.1 Å².